The van der Waals surface area contributed by atoms with E-state index in [0.29, 0.717) is 5.56 Å². The van der Waals surface area contributed by atoms with Gasteiger partial charge >= 0.3 is 0 Å². The molecule has 10 nitrogen and oxygen atoms in total. The van der Waals surface area contributed by atoms with E-state index < -0.39 is 63.6 Å². The average Bonchev–Trinajstić information content (AvgIpc) is 2.74. The summed E-state index contributed by atoms with van der Waals surface area (Å²) in [6.07, 6.45) is 0.349. The highest BCUT2D eigenvalue weighted by Gasteiger charge is 2.63. The van der Waals surface area contributed by atoms with E-state index in [1.165, 1.54) is 6.07 Å². The number of carbonyl (C=O) groups excluding carboxylic acids is 3. The Morgan fingerprint density at radius 3 is 2.24 bits per heavy atom. The molecule has 0 unspecified atom stereocenters. The van der Waals surface area contributed by atoms with Gasteiger partial charge in [0.05, 0.1) is 11.6 Å². The van der Waals surface area contributed by atoms with E-state index in [2.05, 4.69) is 5.32 Å². The molecule has 0 radical (unpaired) electrons. The summed E-state index contributed by atoms with van der Waals surface area (Å²) in [4.78, 5) is 43.9. The molecule has 0 aromatic heterocycles. The molecule has 37 heavy (non-hydrogen) atoms. The number of aliphatic hydroxyl groups excluding tert-OH is 2. The second kappa shape index (κ2) is 8.59. The summed E-state index contributed by atoms with van der Waals surface area (Å²) in [6, 6.07) is 2.12. The number of Topliss-reactive ketones (excluding diaryl/α,β-unsaturated/α-hetero) is 2. The van der Waals surface area contributed by atoms with E-state index in [-0.39, 0.29) is 29.7 Å². The molecule has 10 heteroatoms. The molecule has 1 aromatic rings. The third kappa shape index (κ3) is 3.90. The number of aromatic hydroxyl groups is 1. The van der Waals surface area contributed by atoms with Crippen molar-refractivity contribution in [3.05, 3.63) is 45.9 Å². The highest BCUT2D eigenvalue weighted by molar-refractivity contribution is 6.25. The molecule has 4 atom stereocenters. The molecule has 0 spiro atoms. The first-order valence-electron chi connectivity index (χ1n) is 12.2. The van der Waals surface area contributed by atoms with E-state index in [0.717, 1.165) is 5.69 Å². The van der Waals surface area contributed by atoms with Crippen LogP contribution in [0.3, 0.4) is 0 Å². The maximum absolute atomic E-state index is 13.7. The summed E-state index contributed by atoms with van der Waals surface area (Å²) >= 11 is 0. The van der Waals surface area contributed by atoms with Gasteiger partial charge in [-0.1, -0.05) is 0 Å². The van der Waals surface area contributed by atoms with Crippen molar-refractivity contribution in [3.8, 4) is 5.75 Å². The van der Waals surface area contributed by atoms with Crippen LogP contribution in [0.5, 0.6) is 5.75 Å². The van der Waals surface area contributed by atoms with Crippen molar-refractivity contribution in [3.63, 3.8) is 0 Å². The molecule has 200 valence electrons. The zero-order chi connectivity index (χ0) is 27.8. The second-order valence-electron chi connectivity index (χ2n) is 11.7. The van der Waals surface area contributed by atoms with Crippen LogP contribution in [0.25, 0.3) is 0 Å². The number of allylic oxidation sites excluding steroid dienone is 1. The molecule has 1 aromatic carbocycles. The number of likely N-dealkylation sites (N-methyl/N-ethyl adjacent to an activating group) is 1. The normalized spacial score (nSPS) is 27.6. The van der Waals surface area contributed by atoms with E-state index >= 15 is 0 Å². The van der Waals surface area contributed by atoms with Gasteiger partial charge in [0, 0.05) is 36.8 Å². The lowest BCUT2D eigenvalue weighted by molar-refractivity contribution is -0.149. The molecule has 0 heterocycles. The van der Waals surface area contributed by atoms with Gasteiger partial charge in [0.25, 0.3) is 5.91 Å². The van der Waals surface area contributed by atoms with Crippen LogP contribution in [0.2, 0.25) is 0 Å². The number of nitrogens with zero attached hydrogens (tertiary/aromatic N) is 2. The zero-order valence-corrected chi connectivity index (χ0v) is 22.2. The third-order valence-corrected chi connectivity index (χ3v) is 7.53. The Morgan fingerprint density at radius 1 is 1.08 bits per heavy atom. The van der Waals surface area contributed by atoms with Crippen LogP contribution in [0.1, 0.15) is 43.1 Å². The van der Waals surface area contributed by atoms with Crippen molar-refractivity contribution in [1.29, 1.82) is 0 Å². The molecule has 4 rings (SSSR count). The van der Waals surface area contributed by atoms with E-state index in [1.807, 2.05) is 19.0 Å². The minimum atomic E-state index is -2.61. The second-order valence-corrected chi connectivity index (χ2v) is 11.7. The number of ketones is 2. The number of rotatable bonds is 3. The van der Waals surface area contributed by atoms with Gasteiger partial charge in [0.15, 0.2) is 11.4 Å². The number of phenols is 1. The number of hydrogen-bond acceptors (Lipinski definition) is 9. The van der Waals surface area contributed by atoms with Gasteiger partial charge in [-0.15, -0.1) is 0 Å². The fourth-order valence-corrected chi connectivity index (χ4v) is 6.04. The summed E-state index contributed by atoms with van der Waals surface area (Å²) in [5.41, 5.74) is -2.81. The van der Waals surface area contributed by atoms with Crippen molar-refractivity contribution in [2.45, 2.75) is 50.8 Å². The van der Waals surface area contributed by atoms with E-state index in [4.69, 9.17) is 0 Å². The number of benzene rings is 1. The number of hydrogen-bond donors (Lipinski definition) is 5. The Labute approximate surface area is 215 Å². The number of carbonyl (C=O) groups is 3. The first-order valence-corrected chi connectivity index (χ1v) is 12.2. The molecule has 5 N–H and O–H groups in total. The maximum Gasteiger partial charge on any atom is 0.258 e. The Bertz CT molecular complexity index is 1270. The molecular weight excluding hydrogens is 478 g/mol. The predicted octanol–water partition coefficient (Wildman–Crippen LogP) is 1.62. The predicted molar refractivity (Wildman–Crippen MR) is 137 cm³/mol. The lowest BCUT2D eigenvalue weighted by atomic mass is 9.58. The molecule has 1 amide bonds. The van der Waals surface area contributed by atoms with Gasteiger partial charge in [-0.05, 0) is 71.3 Å². The van der Waals surface area contributed by atoms with Gasteiger partial charge < -0.3 is 30.6 Å². The lowest BCUT2D eigenvalue weighted by Gasteiger charge is -2.50. The SMILES string of the molecule is CN(C)c1ccc(O)c2c1C[C@H]1C[C@H]3[C@@H](N(C)C)C(O)=C(C(=O)NC(C)(C)C)C(=O)[C@]3(O)C(O)=C1C2=O. The number of anilines is 1. The molecule has 0 bridgehead atoms. The van der Waals surface area contributed by atoms with Crippen molar-refractivity contribution < 1.29 is 34.8 Å². The smallest absolute Gasteiger partial charge is 0.258 e. The zero-order valence-electron chi connectivity index (χ0n) is 22.2. The van der Waals surface area contributed by atoms with Gasteiger partial charge in [-0.25, -0.2) is 0 Å². The van der Waals surface area contributed by atoms with E-state index in [1.54, 1.807) is 45.8 Å². The largest absolute Gasteiger partial charge is 0.510 e. The van der Waals surface area contributed by atoms with Crippen LogP contribution in [0.15, 0.2) is 34.8 Å². The van der Waals surface area contributed by atoms with Crippen LogP contribution in [0, 0.1) is 11.8 Å². The summed E-state index contributed by atoms with van der Waals surface area (Å²) in [6.45, 7) is 5.11. The van der Waals surface area contributed by atoms with Crippen molar-refractivity contribution in [1.82, 2.24) is 10.2 Å². The minimum absolute atomic E-state index is 0.0163. The molecule has 3 aliphatic rings. The van der Waals surface area contributed by atoms with Crippen LogP contribution in [-0.2, 0) is 16.0 Å². The molecule has 0 aliphatic heterocycles. The molecule has 0 saturated carbocycles. The highest BCUT2D eigenvalue weighted by atomic mass is 16.3. The molecular formula is C27H35N3O7. The first kappa shape index (κ1) is 26.7. The number of amides is 1. The Balaban J connectivity index is 1.93. The number of fused-ring (bicyclic) bond motifs is 3. The summed E-state index contributed by atoms with van der Waals surface area (Å²) in [7, 11) is 6.90. The van der Waals surface area contributed by atoms with Crippen LogP contribution in [-0.4, -0.2) is 88.2 Å². The van der Waals surface area contributed by atoms with Gasteiger partial charge in [-0.2, -0.15) is 0 Å². The first-order chi connectivity index (χ1) is 17.0. The van der Waals surface area contributed by atoms with Crippen molar-refractivity contribution in [2.24, 2.45) is 11.8 Å². The molecule has 3 aliphatic carbocycles. The highest BCUT2D eigenvalue weighted by Crippen LogP contribution is 2.53. The fraction of sp³-hybridized carbons (Fsp3) is 0.519. The topological polar surface area (TPSA) is 151 Å². The summed E-state index contributed by atoms with van der Waals surface area (Å²) < 4.78 is 0. The number of aliphatic hydroxyl groups is 3. The molecule has 0 saturated heterocycles. The fourth-order valence-electron chi connectivity index (χ4n) is 6.04. The Morgan fingerprint density at radius 2 is 1.70 bits per heavy atom. The third-order valence-electron chi connectivity index (χ3n) is 7.53. The Kier molecular flexibility index (Phi) is 6.20. The van der Waals surface area contributed by atoms with Gasteiger partial charge in [0.2, 0.25) is 5.78 Å². The molecule has 0 fully saturated rings. The van der Waals surface area contributed by atoms with Gasteiger partial charge in [-0.3, -0.25) is 19.3 Å². The maximum atomic E-state index is 13.7. The number of phenolic OH excluding ortho intramolecular Hbond substituents is 1. The van der Waals surface area contributed by atoms with Crippen LogP contribution >= 0.6 is 0 Å². The quantitative estimate of drug-likeness (QED) is 0.380. The standard InChI is InChI=1S/C27H35N3O7/c1-26(2,3)28-25(36)19-22(33)20(30(6)7)14-11-12-10-13-15(29(4)5)8-9-16(31)18(13)21(32)17(12)23(34)27(14,37)24(19)35/h8-9,12,14,20,31,33-34,37H,10-11H2,1-7H3,(H,28,36)/t12-,14-,20+,27+/m0/s1. The van der Waals surface area contributed by atoms with Crippen LogP contribution < -0.4 is 10.2 Å². The monoisotopic (exact) mass is 513 g/mol. The summed E-state index contributed by atoms with van der Waals surface area (Å²) in [5.74, 6) is -5.93. The van der Waals surface area contributed by atoms with Crippen LogP contribution in [0.4, 0.5) is 5.69 Å². The number of nitrogens with one attached hydrogen (secondary N) is 1. The Hall–Kier alpha value is -3.37. The average molecular weight is 514 g/mol. The van der Waals surface area contributed by atoms with Gasteiger partial charge in [0.1, 0.15) is 22.8 Å². The van der Waals surface area contributed by atoms with E-state index in [9.17, 15) is 34.8 Å². The van der Waals surface area contributed by atoms with Crippen molar-refractivity contribution in [2.75, 3.05) is 33.1 Å². The minimum Gasteiger partial charge on any atom is -0.510 e. The van der Waals surface area contributed by atoms with Crippen molar-refractivity contribution >= 4 is 23.2 Å². The summed E-state index contributed by atoms with van der Waals surface area (Å²) in [5, 5.41) is 47.7. The lowest BCUT2D eigenvalue weighted by Crippen LogP contribution is -2.64.